The van der Waals surface area contributed by atoms with Crippen LogP contribution >= 0.6 is 50.3 Å². The first-order chi connectivity index (χ1) is 16.4. The number of likely N-dealkylation sites (tertiary alicyclic amines) is 1. The molecule has 2 amide bonds. The van der Waals surface area contributed by atoms with E-state index < -0.39 is 29.5 Å². The van der Waals surface area contributed by atoms with Crippen molar-refractivity contribution < 1.29 is 18.7 Å². The quantitative estimate of drug-likeness (QED) is 0.234. The molecule has 1 aromatic carbocycles. The topological polar surface area (TPSA) is 116 Å². The zero-order chi connectivity index (χ0) is 25.7. The Balaban J connectivity index is 1.79. The Bertz CT molecular complexity index is 1330. The number of halogens is 3. The lowest BCUT2D eigenvalue weighted by atomic mass is 9.94. The number of hydrogen-bond donors (Lipinski definition) is 1. The summed E-state index contributed by atoms with van der Waals surface area (Å²) in [5.74, 6) is -0.948. The fourth-order valence-corrected chi connectivity index (χ4v) is 5.72. The Morgan fingerprint density at radius 3 is 2.71 bits per heavy atom. The average Bonchev–Trinajstić information content (AvgIpc) is 3.21. The Morgan fingerprint density at radius 1 is 1.37 bits per heavy atom. The summed E-state index contributed by atoms with van der Waals surface area (Å²) in [5.41, 5.74) is 6.35. The molecule has 4 rings (SSSR count). The molecular formula is C22H25BrFIN6O3S. The van der Waals surface area contributed by atoms with Crippen molar-refractivity contribution in [1.82, 2.24) is 24.9 Å². The Hall–Kier alpha value is -1.74. The van der Waals surface area contributed by atoms with Gasteiger partial charge in [0.2, 0.25) is 5.91 Å². The van der Waals surface area contributed by atoms with Crippen molar-refractivity contribution in [3.63, 3.8) is 0 Å². The molecule has 0 saturated carbocycles. The van der Waals surface area contributed by atoms with Gasteiger partial charge in [-0.15, -0.1) is 16.9 Å². The number of primary amides is 1. The summed E-state index contributed by atoms with van der Waals surface area (Å²) in [4.78, 5) is 30.8. The zero-order valence-corrected chi connectivity index (χ0v) is 24.2. The number of benzene rings is 1. The first-order valence-electron chi connectivity index (χ1n) is 10.9. The van der Waals surface area contributed by atoms with E-state index in [4.69, 9.17) is 10.5 Å². The van der Waals surface area contributed by atoms with Crippen LogP contribution in [0.1, 0.15) is 46.1 Å². The standard InChI is InChI=1S/C22H25BrFIN6O3S/c1-22(2,3)34-21(33)30-6-5-10(7-11(30)8-14(26)32)31-19-12-9-13(25)15(23)16(24)17(12)27-20(35-4)18(19)28-29-31/h9-11H,5-8H2,1-4H3,(H2,26,32)/t10-,11-/m0/s1. The molecule has 0 bridgehead atoms. The van der Waals surface area contributed by atoms with Crippen LogP contribution in [0.15, 0.2) is 15.6 Å². The minimum absolute atomic E-state index is 0.000209. The van der Waals surface area contributed by atoms with E-state index >= 15 is 4.39 Å². The van der Waals surface area contributed by atoms with Crippen molar-refractivity contribution in [2.24, 2.45) is 5.73 Å². The predicted octanol–water partition coefficient (Wildman–Crippen LogP) is 5.02. The lowest BCUT2D eigenvalue weighted by Crippen LogP contribution is -2.49. The molecule has 3 heterocycles. The zero-order valence-electron chi connectivity index (χ0n) is 19.6. The van der Waals surface area contributed by atoms with E-state index in [1.54, 1.807) is 30.4 Å². The number of piperidine rings is 1. The van der Waals surface area contributed by atoms with Crippen molar-refractivity contribution >= 4 is 84.2 Å². The van der Waals surface area contributed by atoms with Gasteiger partial charge in [-0.25, -0.2) is 18.9 Å². The number of carbonyl (C=O) groups excluding carboxylic acids is 2. The van der Waals surface area contributed by atoms with E-state index in [0.29, 0.717) is 48.9 Å². The van der Waals surface area contributed by atoms with Gasteiger partial charge in [-0.2, -0.15) is 0 Å². The molecule has 0 unspecified atom stereocenters. The van der Waals surface area contributed by atoms with E-state index in [-0.39, 0.29) is 18.0 Å². The third-order valence-corrected chi connectivity index (χ3v) is 8.83. The van der Waals surface area contributed by atoms with Crippen molar-refractivity contribution in [2.45, 2.75) is 62.7 Å². The van der Waals surface area contributed by atoms with Crippen molar-refractivity contribution in [1.29, 1.82) is 0 Å². The van der Waals surface area contributed by atoms with Gasteiger partial charge in [0.1, 0.15) is 27.2 Å². The molecule has 1 aliphatic rings. The fraction of sp³-hybridized carbons (Fsp3) is 0.500. The highest BCUT2D eigenvalue weighted by Crippen LogP contribution is 2.38. The van der Waals surface area contributed by atoms with Crippen LogP contribution in [0.5, 0.6) is 0 Å². The summed E-state index contributed by atoms with van der Waals surface area (Å²) in [7, 11) is 0. The normalized spacial score (nSPS) is 18.9. The summed E-state index contributed by atoms with van der Waals surface area (Å²) in [6.45, 7) is 5.74. The maximum atomic E-state index is 15.2. The second kappa shape index (κ2) is 9.96. The van der Waals surface area contributed by atoms with E-state index in [1.165, 1.54) is 11.8 Å². The molecule has 2 atom stereocenters. The number of rotatable bonds is 4. The average molecular weight is 679 g/mol. The van der Waals surface area contributed by atoms with Gasteiger partial charge in [0.05, 0.1) is 10.5 Å². The molecule has 1 aliphatic heterocycles. The van der Waals surface area contributed by atoms with Gasteiger partial charge in [-0.3, -0.25) is 4.79 Å². The second-order valence-electron chi connectivity index (χ2n) is 9.41. The van der Waals surface area contributed by atoms with E-state index in [9.17, 15) is 9.59 Å². The maximum Gasteiger partial charge on any atom is 0.410 e. The minimum Gasteiger partial charge on any atom is -0.444 e. The van der Waals surface area contributed by atoms with Crippen LogP contribution in [0.3, 0.4) is 0 Å². The van der Waals surface area contributed by atoms with Gasteiger partial charge in [0, 0.05) is 28.0 Å². The summed E-state index contributed by atoms with van der Waals surface area (Å²) in [6.07, 6.45) is 2.36. The number of carbonyl (C=O) groups is 2. The molecule has 1 saturated heterocycles. The molecule has 188 valence electrons. The molecule has 2 aromatic heterocycles. The molecule has 0 radical (unpaired) electrons. The van der Waals surface area contributed by atoms with Crippen molar-refractivity contribution in [3.8, 4) is 0 Å². The van der Waals surface area contributed by atoms with Crippen LogP contribution in [0.25, 0.3) is 21.9 Å². The smallest absolute Gasteiger partial charge is 0.410 e. The van der Waals surface area contributed by atoms with Crippen LogP contribution in [0.2, 0.25) is 0 Å². The predicted molar refractivity (Wildman–Crippen MR) is 144 cm³/mol. The Morgan fingerprint density at radius 2 is 2.09 bits per heavy atom. The summed E-state index contributed by atoms with van der Waals surface area (Å²) < 4.78 is 23.6. The molecule has 9 nitrogen and oxygen atoms in total. The highest BCUT2D eigenvalue weighted by atomic mass is 127. The number of aromatic nitrogens is 4. The third kappa shape index (κ3) is 5.22. The number of hydrogen-bond acceptors (Lipinski definition) is 7. The molecule has 0 spiro atoms. The van der Waals surface area contributed by atoms with Crippen LogP contribution in [0, 0.1) is 9.39 Å². The SMILES string of the molecule is CSc1nc2c(F)c(Br)c(I)cc2c2c1nnn2[C@H]1CCN(C(=O)OC(C)(C)C)[C@H](CC(N)=O)C1. The fourth-order valence-electron chi connectivity index (χ4n) is 4.35. The summed E-state index contributed by atoms with van der Waals surface area (Å²) in [6, 6.07) is 1.21. The summed E-state index contributed by atoms with van der Waals surface area (Å²) >= 11 is 6.75. The lowest BCUT2D eigenvalue weighted by molar-refractivity contribution is -0.119. The van der Waals surface area contributed by atoms with Crippen molar-refractivity contribution in [2.75, 3.05) is 12.8 Å². The minimum atomic E-state index is -0.664. The first-order valence-corrected chi connectivity index (χ1v) is 14.0. The van der Waals surface area contributed by atoms with Gasteiger partial charge in [0.15, 0.2) is 5.82 Å². The maximum absolute atomic E-state index is 15.2. The molecule has 3 aromatic rings. The van der Waals surface area contributed by atoms with Gasteiger partial charge >= 0.3 is 6.09 Å². The number of nitrogens with two attached hydrogens (primary N) is 1. The van der Waals surface area contributed by atoms with Gasteiger partial charge in [-0.1, -0.05) is 5.21 Å². The molecule has 35 heavy (non-hydrogen) atoms. The van der Waals surface area contributed by atoms with Gasteiger partial charge in [0.25, 0.3) is 0 Å². The number of amides is 2. The van der Waals surface area contributed by atoms with Crippen LogP contribution in [-0.2, 0) is 9.53 Å². The van der Waals surface area contributed by atoms with Crippen LogP contribution < -0.4 is 5.73 Å². The summed E-state index contributed by atoms with van der Waals surface area (Å²) in [5, 5.41) is 9.99. The van der Waals surface area contributed by atoms with E-state index in [0.717, 1.165) is 0 Å². The van der Waals surface area contributed by atoms with Crippen LogP contribution in [0.4, 0.5) is 9.18 Å². The van der Waals surface area contributed by atoms with E-state index in [2.05, 4.69) is 53.8 Å². The number of ether oxygens (including phenoxy) is 1. The number of pyridine rings is 1. The monoisotopic (exact) mass is 678 g/mol. The molecule has 1 fully saturated rings. The Labute approximate surface area is 228 Å². The largest absolute Gasteiger partial charge is 0.444 e. The highest BCUT2D eigenvalue weighted by molar-refractivity contribution is 14.1. The van der Waals surface area contributed by atoms with Gasteiger partial charge < -0.3 is 15.4 Å². The highest BCUT2D eigenvalue weighted by Gasteiger charge is 2.37. The molecular weight excluding hydrogens is 654 g/mol. The number of thioether (sulfide) groups is 1. The third-order valence-electron chi connectivity index (χ3n) is 5.79. The van der Waals surface area contributed by atoms with E-state index in [1.807, 2.05) is 12.3 Å². The Kier molecular flexibility index (Phi) is 7.49. The molecule has 2 N–H and O–H groups in total. The molecule has 0 aliphatic carbocycles. The van der Waals surface area contributed by atoms with Gasteiger partial charge in [-0.05, 0) is 84.5 Å². The van der Waals surface area contributed by atoms with Crippen molar-refractivity contribution in [3.05, 3.63) is 19.9 Å². The number of nitrogens with zero attached hydrogens (tertiary/aromatic N) is 5. The van der Waals surface area contributed by atoms with Crippen LogP contribution in [-0.4, -0.2) is 61.3 Å². The molecule has 13 heteroatoms. The lowest BCUT2D eigenvalue weighted by Gasteiger charge is -2.39. The number of fused-ring (bicyclic) bond motifs is 3. The first kappa shape index (κ1) is 26.3. The second-order valence-corrected chi connectivity index (χ2v) is 12.2.